The largest absolute Gasteiger partial charge is 0.495 e. The van der Waals surface area contributed by atoms with Gasteiger partial charge in [-0.05, 0) is 46.0 Å². The number of hydrogen-bond donors (Lipinski definition) is 1. The van der Waals surface area contributed by atoms with E-state index in [9.17, 15) is 9.59 Å². The number of likely N-dealkylation sites (N-methyl/N-ethyl adjacent to an activating group) is 1. The Balaban J connectivity index is 1.76. The third-order valence-electron chi connectivity index (χ3n) is 6.84. The minimum atomic E-state index is -0.253. The molecule has 1 aliphatic rings. The Bertz CT molecular complexity index is 1480. The van der Waals surface area contributed by atoms with Crippen molar-refractivity contribution in [1.29, 1.82) is 0 Å². The molecule has 3 heterocycles. The highest BCUT2D eigenvalue weighted by Crippen LogP contribution is 2.33. The molecular formula is C29H38N8O3. The first-order valence-electron chi connectivity index (χ1n) is 13.4. The molecule has 0 atom stereocenters. The molecule has 212 valence electrons. The van der Waals surface area contributed by atoms with Crippen molar-refractivity contribution >= 4 is 40.5 Å². The number of nitrogens with zero attached hydrogens (tertiary/aromatic N) is 7. The van der Waals surface area contributed by atoms with Crippen LogP contribution in [-0.2, 0) is 11.3 Å². The van der Waals surface area contributed by atoms with Gasteiger partial charge in [-0.3, -0.25) is 9.59 Å². The fourth-order valence-electron chi connectivity index (χ4n) is 4.62. The van der Waals surface area contributed by atoms with Gasteiger partial charge in [0.2, 0.25) is 12.4 Å². The molecule has 1 saturated heterocycles. The van der Waals surface area contributed by atoms with Gasteiger partial charge in [0.1, 0.15) is 11.1 Å². The average molecular weight is 547 g/mol. The van der Waals surface area contributed by atoms with Gasteiger partial charge in [-0.1, -0.05) is 12.2 Å². The topological polar surface area (TPSA) is 101 Å². The van der Waals surface area contributed by atoms with Gasteiger partial charge < -0.3 is 24.8 Å². The normalized spacial score (nSPS) is 14.8. The molecule has 1 aromatic carbocycles. The van der Waals surface area contributed by atoms with Crippen molar-refractivity contribution in [2.24, 2.45) is 0 Å². The van der Waals surface area contributed by atoms with Gasteiger partial charge in [0.05, 0.1) is 25.0 Å². The molecule has 1 amide bonds. The Hall–Kier alpha value is -4.38. The van der Waals surface area contributed by atoms with E-state index in [1.807, 2.05) is 51.1 Å². The molecule has 3 aromatic rings. The molecule has 2 aromatic heterocycles. The lowest BCUT2D eigenvalue weighted by Crippen LogP contribution is -2.44. The highest BCUT2D eigenvalue weighted by molar-refractivity contribution is 5.81. The molecule has 0 aliphatic carbocycles. The van der Waals surface area contributed by atoms with Crippen LogP contribution < -0.4 is 20.5 Å². The summed E-state index contributed by atoms with van der Waals surface area (Å²) in [6.07, 6.45) is 9.30. The second-order valence-electron chi connectivity index (χ2n) is 9.92. The number of piperazine rings is 1. The van der Waals surface area contributed by atoms with E-state index in [0.29, 0.717) is 22.7 Å². The van der Waals surface area contributed by atoms with Gasteiger partial charge in [0.15, 0.2) is 5.65 Å². The van der Waals surface area contributed by atoms with Crippen LogP contribution in [0.5, 0.6) is 5.75 Å². The van der Waals surface area contributed by atoms with Crippen molar-refractivity contribution in [2.45, 2.75) is 33.4 Å². The van der Waals surface area contributed by atoms with Gasteiger partial charge in [-0.25, -0.2) is 14.3 Å². The molecule has 0 bridgehead atoms. The minimum Gasteiger partial charge on any atom is -0.495 e. The molecule has 11 nitrogen and oxygen atoms in total. The summed E-state index contributed by atoms with van der Waals surface area (Å²) in [5.74, 6) is 1.08. The standard InChI is InChI=1S/C29H38N8O3/c1-7-9-23(19-35(20-38)21(3)4)37-27-24(28(39)36(37)12-8-2)18-30-29(32-27)31-22-10-11-25(26(17-22)40-6)34-15-13-33(5)14-16-34/h7-11,17-21H,2,12-16H2,1,3-6H3,(H,30,31,32)/b9-7-,23-19+. The van der Waals surface area contributed by atoms with Crippen molar-refractivity contribution in [3.63, 3.8) is 0 Å². The highest BCUT2D eigenvalue weighted by Gasteiger charge is 2.20. The van der Waals surface area contributed by atoms with Crippen LogP contribution in [-0.4, -0.2) is 81.9 Å². The third kappa shape index (κ3) is 5.94. The van der Waals surface area contributed by atoms with E-state index < -0.39 is 0 Å². The van der Waals surface area contributed by atoms with Crippen molar-refractivity contribution in [2.75, 3.05) is 50.6 Å². The number of nitrogens with one attached hydrogen (secondary N) is 1. The Morgan fingerprint density at radius 2 is 2.00 bits per heavy atom. The predicted octanol–water partition coefficient (Wildman–Crippen LogP) is 3.52. The van der Waals surface area contributed by atoms with Crippen LogP contribution in [0.25, 0.3) is 16.7 Å². The maximum Gasteiger partial charge on any atom is 0.278 e. The lowest BCUT2D eigenvalue weighted by Gasteiger charge is -2.34. The second-order valence-corrected chi connectivity index (χ2v) is 9.92. The Morgan fingerprint density at radius 1 is 1.25 bits per heavy atom. The maximum absolute atomic E-state index is 13.3. The molecule has 0 spiro atoms. The van der Waals surface area contributed by atoms with E-state index in [1.165, 1.54) is 10.9 Å². The average Bonchev–Trinajstić information content (AvgIpc) is 3.22. The van der Waals surface area contributed by atoms with Crippen LogP contribution in [0.3, 0.4) is 0 Å². The van der Waals surface area contributed by atoms with Crippen LogP contribution in [0.2, 0.25) is 0 Å². The number of allylic oxidation sites excluding steroid dienone is 4. The summed E-state index contributed by atoms with van der Waals surface area (Å²) >= 11 is 0. The van der Waals surface area contributed by atoms with E-state index in [2.05, 4.69) is 33.7 Å². The van der Waals surface area contributed by atoms with Crippen LogP contribution in [0.4, 0.5) is 17.3 Å². The highest BCUT2D eigenvalue weighted by atomic mass is 16.5. The monoisotopic (exact) mass is 546 g/mol. The molecule has 4 rings (SSSR count). The number of hydrogen-bond acceptors (Lipinski definition) is 8. The number of carbonyl (C=O) groups excluding carboxylic acids is 1. The van der Waals surface area contributed by atoms with Gasteiger partial charge in [0.25, 0.3) is 5.56 Å². The van der Waals surface area contributed by atoms with Crippen LogP contribution in [0.15, 0.2) is 60.2 Å². The summed E-state index contributed by atoms with van der Waals surface area (Å²) < 4.78 is 8.95. The number of fused-ring (bicyclic) bond motifs is 1. The second kappa shape index (κ2) is 12.6. The zero-order chi connectivity index (χ0) is 28.8. The van der Waals surface area contributed by atoms with Gasteiger partial charge in [-0.15, -0.1) is 6.58 Å². The smallest absolute Gasteiger partial charge is 0.278 e. The van der Waals surface area contributed by atoms with Crippen LogP contribution in [0.1, 0.15) is 20.8 Å². The molecule has 1 aliphatic heterocycles. The van der Waals surface area contributed by atoms with E-state index in [1.54, 1.807) is 29.0 Å². The SMILES string of the molecule is C=CCn1c(=O)c2cnc(Nc3ccc(N4CCN(C)CC4)c(OC)c3)nc2n1C(/C=C\C)=C/N(C=O)C(C)C. The molecule has 0 unspecified atom stereocenters. The number of carbonyl (C=O) groups is 1. The molecule has 0 radical (unpaired) electrons. The summed E-state index contributed by atoms with van der Waals surface area (Å²) in [5, 5.41) is 3.61. The lowest BCUT2D eigenvalue weighted by atomic mass is 10.2. The van der Waals surface area contributed by atoms with E-state index in [0.717, 1.165) is 49.7 Å². The fourth-order valence-corrected chi connectivity index (χ4v) is 4.62. The number of anilines is 3. The number of amides is 1. The summed E-state index contributed by atoms with van der Waals surface area (Å²) in [7, 11) is 3.79. The zero-order valence-electron chi connectivity index (χ0n) is 23.9. The molecule has 1 N–H and O–H groups in total. The molecule has 11 heteroatoms. The van der Waals surface area contributed by atoms with Crippen LogP contribution in [0, 0.1) is 0 Å². The summed E-state index contributed by atoms with van der Waals surface area (Å²) in [6, 6.07) is 5.85. The number of benzene rings is 1. The van der Waals surface area contributed by atoms with Crippen molar-refractivity contribution in [3.05, 3.63) is 65.8 Å². The molecule has 40 heavy (non-hydrogen) atoms. The summed E-state index contributed by atoms with van der Waals surface area (Å²) in [4.78, 5) is 40.4. The first-order chi connectivity index (χ1) is 19.3. The number of aromatic nitrogens is 4. The predicted molar refractivity (Wildman–Crippen MR) is 160 cm³/mol. The Morgan fingerprint density at radius 3 is 2.62 bits per heavy atom. The van der Waals surface area contributed by atoms with E-state index >= 15 is 0 Å². The molecule has 0 saturated carbocycles. The van der Waals surface area contributed by atoms with Gasteiger partial charge in [-0.2, -0.15) is 4.98 Å². The minimum absolute atomic E-state index is 0.0742. The first kappa shape index (κ1) is 28.6. The van der Waals surface area contributed by atoms with Gasteiger partial charge in [0, 0.05) is 56.4 Å². The quantitative estimate of drug-likeness (QED) is 0.222. The summed E-state index contributed by atoms with van der Waals surface area (Å²) in [5.41, 5.74) is 2.55. The van der Waals surface area contributed by atoms with E-state index in [-0.39, 0.29) is 18.1 Å². The Labute approximate surface area is 234 Å². The van der Waals surface area contributed by atoms with E-state index in [4.69, 9.17) is 9.72 Å². The third-order valence-corrected chi connectivity index (χ3v) is 6.84. The van der Waals surface area contributed by atoms with Crippen molar-refractivity contribution < 1.29 is 9.53 Å². The zero-order valence-corrected chi connectivity index (χ0v) is 23.9. The van der Waals surface area contributed by atoms with Gasteiger partial charge >= 0.3 is 0 Å². The maximum atomic E-state index is 13.3. The fraction of sp³-hybridized carbons (Fsp3) is 0.379. The lowest BCUT2D eigenvalue weighted by molar-refractivity contribution is -0.117. The van der Waals surface area contributed by atoms with Crippen LogP contribution >= 0.6 is 0 Å². The van der Waals surface area contributed by atoms with Crippen molar-refractivity contribution in [3.8, 4) is 5.75 Å². The molecule has 1 fully saturated rings. The number of ether oxygens (including phenoxy) is 1. The summed E-state index contributed by atoms with van der Waals surface area (Å²) in [6.45, 7) is 13.6. The number of methoxy groups -OCH3 is 1. The Kier molecular flexibility index (Phi) is 9.05. The number of rotatable bonds is 11. The van der Waals surface area contributed by atoms with Crippen molar-refractivity contribution in [1.82, 2.24) is 29.1 Å². The first-order valence-corrected chi connectivity index (χ1v) is 13.4. The molecular weight excluding hydrogens is 508 g/mol.